The highest BCUT2D eigenvalue weighted by molar-refractivity contribution is 5.83. The first kappa shape index (κ1) is 13.8. The molecule has 0 fully saturated rings. The lowest BCUT2D eigenvalue weighted by Gasteiger charge is -2.05. The van der Waals surface area contributed by atoms with Crippen LogP contribution in [-0.4, -0.2) is 19.5 Å². The van der Waals surface area contributed by atoms with E-state index in [1.54, 1.807) is 6.33 Å². The summed E-state index contributed by atoms with van der Waals surface area (Å²) >= 11 is 0. The first-order valence-corrected chi connectivity index (χ1v) is 6.50. The Kier molecular flexibility index (Phi) is 4.14. The Hall–Kier alpha value is -2.63. The number of imidazole rings is 1. The van der Waals surface area contributed by atoms with E-state index in [2.05, 4.69) is 20.3 Å². The van der Waals surface area contributed by atoms with Crippen molar-refractivity contribution in [2.45, 2.75) is 13.8 Å². The number of anilines is 3. The Bertz CT molecular complexity index is 689. The average molecular weight is 270 g/mol. The number of fused-ring (bicyclic) bond motifs is 1. The number of nitrogen functional groups attached to an aromatic ring is 1. The van der Waals surface area contributed by atoms with Crippen LogP contribution < -0.4 is 11.1 Å². The predicted molar refractivity (Wildman–Crippen MR) is 81.8 cm³/mol. The molecule has 104 valence electrons. The van der Waals surface area contributed by atoms with Gasteiger partial charge < -0.3 is 15.6 Å². The largest absolute Gasteiger partial charge is 0.382 e. The molecule has 0 aliphatic carbocycles. The van der Waals surface area contributed by atoms with Crippen molar-refractivity contribution in [1.82, 2.24) is 19.5 Å². The second-order valence-corrected chi connectivity index (χ2v) is 3.95. The van der Waals surface area contributed by atoms with Gasteiger partial charge in [-0.05, 0) is 12.1 Å². The number of rotatable bonds is 2. The third kappa shape index (κ3) is 2.69. The number of para-hydroxylation sites is 1. The molecule has 2 heterocycles. The van der Waals surface area contributed by atoms with E-state index >= 15 is 0 Å². The zero-order valence-corrected chi connectivity index (χ0v) is 11.8. The molecule has 0 atom stereocenters. The number of hydrogen-bond acceptors (Lipinski definition) is 5. The van der Waals surface area contributed by atoms with Crippen LogP contribution in [0.2, 0.25) is 0 Å². The number of nitrogens with zero attached hydrogens (tertiary/aromatic N) is 4. The minimum Gasteiger partial charge on any atom is -0.382 e. The summed E-state index contributed by atoms with van der Waals surface area (Å²) in [6.45, 7) is 4.00. The van der Waals surface area contributed by atoms with Crippen LogP contribution in [0.15, 0.2) is 36.7 Å². The molecule has 3 N–H and O–H groups in total. The third-order valence-electron chi connectivity index (χ3n) is 2.62. The molecule has 0 saturated heterocycles. The molecular weight excluding hydrogens is 252 g/mol. The van der Waals surface area contributed by atoms with Gasteiger partial charge in [-0.2, -0.15) is 9.97 Å². The average Bonchev–Trinajstić information content (AvgIpc) is 2.85. The van der Waals surface area contributed by atoms with Gasteiger partial charge in [-0.15, -0.1) is 0 Å². The number of hydrogen-bond donors (Lipinski definition) is 2. The van der Waals surface area contributed by atoms with Crippen LogP contribution in [0.5, 0.6) is 0 Å². The summed E-state index contributed by atoms with van der Waals surface area (Å²) in [6, 6.07) is 9.70. The Labute approximate surface area is 117 Å². The maximum atomic E-state index is 5.86. The van der Waals surface area contributed by atoms with Crippen LogP contribution in [0.25, 0.3) is 11.2 Å². The van der Waals surface area contributed by atoms with E-state index in [0.717, 1.165) is 5.69 Å². The van der Waals surface area contributed by atoms with E-state index in [1.807, 2.05) is 55.8 Å². The number of aryl methyl sites for hydroxylation is 1. The van der Waals surface area contributed by atoms with Crippen molar-refractivity contribution >= 4 is 28.6 Å². The Balaban J connectivity index is 0.000000704. The molecule has 0 aliphatic heterocycles. The third-order valence-corrected chi connectivity index (χ3v) is 2.62. The maximum absolute atomic E-state index is 5.86. The molecule has 0 unspecified atom stereocenters. The van der Waals surface area contributed by atoms with Crippen molar-refractivity contribution in [1.29, 1.82) is 0 Å². The second kappa shape index (κ2) is 6.01. The molecule has 6 nitrogen and oxygen atoms in total. The highest BCUT2D eigenvalue weighted by Crippen LogP contribution is 2.19. The normalized spacial score (nSPS) is 9.95. The van der Waals surface area contributed by atoms with E-state index in [-0.39, 0.29) is 0 Å². The van der Waals surface area contributed by atoms with Crippen LogP contribution in [0.1, 0.15) is 13.8 Å². The Morgan fingerprint density at radius 3 is 2.50 bits per heavy atom. The quantitative estimate of drug-likeness (QED) is 0.748. The van der Waals surface area contributed by atoms with Gasteiger partial charge in [0.05, 0.1) is 6.33 Å². The van der Waals surface area contributed by atoms with Gasteiger partial charge in [0.15, 0.2) is 11.5 Å². The van der Waals surface area contributed by atoms with Crippen LogP contribution in [0.3, 0.4) is 0 Å². The summed E-state index contributed by atoms with van der Waals surface area (Å²) in [7, 11) is 1.87. The Morgan fingerprint density at radius 1 is 1.10 bits per heavy atom. The number of nitrogens with one attached hydrogen (secondary N) is 1. The smallest absolute Gasteiger partial charge is 0.231 e. The molecule has 3 rings (SSSR count). The summed E-state index contributed by atoms with van der Waals surface area (Å²) in [5, 5.41) is 3.11. The maximum Gasteiger partial charge on any atom is 0.231 e. The van der Waals surface area contributed by atoms with Crippen LogP contribution in [-0.2, 0) is 7.05 Å². The fourth-order valence-electron chi connectivity index (χ4n) is 1.74. The molecule has 0 amide bonds. The monoisotopic (exact) mass is 270 g/mol. The van der Waals surface area contributed by atoms with Gasteiger partial charge in [0, 0.05) is 12.7 Å². The summed E-state index contributed by atoms with van der Waals surface area (Å²) in [4.78, 5) is 12.7. The van der Waals surface area contributed by atoms with Crippen molar-refractivity contribution in [3.63, 3.8) is 0 Å². The van der Waals surface area contributed by atoms with Gasteiger partial charge in [-0.1, -0.05) is 32.0 Å². The molecule has 0 saturated carbocycles. The summed E-state index contributed by atoms with van der Waals surface area (Å²) in [6.07, 6.45) is 1.67. The van der Waals surface area contributed by atoms with E-state index in [1.165, 1.54) is 0 Å². The highest BCUT2D eigenvalue weighted by Gasteiger charge is 2.09. The van der Waals surface area contributed by atoms with Crippen LogP contribution in [0, 0.1) is 0 Å². The summed E-state index contributed by atoms with van der Waals surface area (Å²) in [5.74, 6) is 0.842. The molecule has 2 aromatic heterocycles. The topological polar surface area (TPSA) is 81.7 Å². The van der Waals surface area contributed by atoms with Crippen molar-refractivity contribution in [3.05, 3.63) is 36.7 Å². The van der Waals surface area contributed by atoms with Gasteiger partial charge in [-0.25, -0.2) is 4.98 Å². The SMILES string of the molecule is CC.Cn1cnc2c(N)nc(Nc3ccccc3)nc21. The summed E-state index contributed by atoms with van der Waals surface area (Å²) in [5.41, 5.74) is 8.10. The lowest BCUT2D eigenvalue weighted by molar-refractivity contribution is 0.929. The molecule has 3 aromatic rings. The standard InChI is InChI=1S/C12H12N6.C2H6/c1-18-7-14-9-10(13)16-12(17-11(9)18)15-8-5-3-2-4-6-8;1-2/h2-7H,1H3,(H3,13,15,16,17);1-2H3. The molecule has 0 aliphatic rings. The van der Waals surface area contributed by atoms with Gasteiger partial charge in [-0.3, -0.25) is 0 Å². The zero-order valence-electron chi connectivity index (χ0n) is 11.8. The van der Waals surface area contributed by atoms with Gasteiger partial charge >= 0.3 is 0 Å². The second-order valence-electron chi connectivity index (χ2n) is 3.95. The minimum absolute atomic E-state index is 0.374. The molecule has 0 spiro atoms. The molecule has 6 heteroatoms. The van der Waals surface area contributed by atoms with Crippen molar-refractivity contribution in [2.24, 2.45) is 7.05 Å². The van der Waals surface area contributed by atoms with E-state index < -0.39 is 0 Å². The van der Waals surface area contributed by atoms with E-state index in [9.17, 15) is 0 Å². The molecule has 1 aromatic carbocycles. The van der Waals surface area contributed by atoms with Crippen molar-refractivity contribution in [3.8, 4) is 0 Å². The van der Waals surface area contributed by atoms with Gasteiger partial charge in [0.1, 0.15) is 5.52 Å². The number of nitrogens with two attached hydrogens (primary N) is 1. The highest BCUT2D eigenvalue weighted by atomic mass is 15.2. The van der Waals surface area contributed by atoms with E-state index in [0.29, 0.717) is 22.9 Å². The van der Waals surface area contributed by atoms with Gasteiger partial charge in [0.2, 0.25) is 5.95 Å². The number of aromatic nitrogens is 4. The van der Waals surface area contributed by atoms with E-state index in [4.69, 9.17) is 5.73 Å². The van der Waals surface area contributed by atoms with Gasteiger partial charge in [0.25, 0.3) is 0 Å². The minimum atomic E-state index is 0.374. The molecule has 0 bridgehead atoms. The lowest BCUT2D eigenvalue weighted by Crippen LogP contribution is -2.02. The zero-order chi connectivity index (χ0) is 14.5. The lowest BCUT2D eigenvalue weighted by atomic mass is 10.3. The molecule has 20 heavy (non-hydrogen) atoms. The first-order valence-electron chi connectivity index (χ1n) is 6.50. The fourth-order valence-corrected chi connectivity index (χ4v) is 1.74. The van der Waals surface area contributed by atoms with Crippen molar-refractivity contribution < 1.29 is 0 Å². The fraction of sp³-hybridized carbons (Fsp3) is 0.214. The summed E-state index contributed by atoms with van der Waals surface area (Å²) < 4.78 is 1.81. The predicted octanol–water partition coefficient (Wildman–Crippen LogP) is 2.72. The van der Waals surface area contributed by atoms with Crippen LogP contribution in [0.4, 0.5) is 17.5 Å². The first-order chi connectivity index (χ1) is 9.74. The molecular formula is C14H18N6. The van der Waals surface area contributed by atoms with Crippen LogP contribution >= 0.6 is 0 Å². The van der Waals surface area contributed by atoms with Crippen molar-refractivity contribution in [2.75, 3.05) is 11.1 Å². The number of benzene rings is 1. The Morgan fingerprint density at radius 2 is 1.80 bits per heavy atom. The molecule has 0 radical (unpaired) electrons.